The molecule has 0 aromatic carbocycles. The summed E-state index contributed by atoms with van der Waals surface area (Å²) < 4.78 is 0. The van der Waals surface area contributed by atoms with E-state index in [4.69, 9.17) is 5.11 Å². The quantitative estimate of drug-likeness (QED) is 0.780. The molecule has 1 aromatic rings. The van der Waals surface area contributed by atoms with Crippen LogP contribution in [0.15, 0.2) is 11.4 Å². The highest BCUT2D eigenvalue weighted by Crippen LogP contribution is 2.13. The largest absolute Gasteiger partial charge is 0.384 e. The molecule has 16 heavy (non-hydrogen) atoms. The summed E-state index contributed by atoms with van der Waals surface area (Å²) in [6.45, 7) is 2.41. The maximum atomic E-state index is 11.2. The summed E-state index contributed by atoms with van der Waals surface area (Å²) in [4.78, 5) is 12.3. The zero-order valence-corrected chi connectivity index (χ0v) is 10.1. The Hall–Kier alpha value is -1.31. The van der Waals surface area contributed by atoms with Crippen molar-refractivity contribution >= 4 is 17.2 Å². The molecule has 0 aliphatic carbocycles. The number of carbonyl (C=O) groups excluding carboxylic acids is 1. The fraction of sp³-hybridized carbons (Fsp3) is 0.417. The minimum Gasteiger partial charge on any atom is -0.384 e. The summed E-state index contributed by atoms with van der Waals surface area (Å²) in [6, 6.07) is 1.93. The van der Waals surface area contributed by atoms with Crippen molar-refractivity contribution in [3.8, 4) is 11.8 Å². The minimum atomic E-state index is -0.127. The number of carbonyl (C=O) groups is 1. The summed E-state index contributed by atoms with van der Waals surface area (Å²) in [5.41, 5.74) is 0.888. The van der Waals surface area contributed by atoms with Crippen molar-refractivity contribution in [2.24, 2.45) is 0 Å². The van der Waals surface area contributed by atoms with Gasteiger partial charge in [0.05, 0.1) is 6.54 Å². The van der Waals surface area contributed by atoms with Gasteiger partial charge in [0.1, 0.15) is 6.61 Å². The maximum absolute atomic E-state index is 11.2. The molecular weight excluding hydrogens is 222 g/mol. The van der Waals surface area contributed by atoms with E-state index in [1.165, 1.54) is 0 Å². The molecule has 0 fully saturated rings. The Morgan fingerprint density at radius 3 is 3.12 bits per heavy atom. The molecule has 0 bridgehead atoms. The van der Waals surface area contributed by atoms with Gasteiger partial charge in [-0.1, -0.05) is 18.8 Å². The molecule has 0 atom stereocenters. The first kappa shape index (κ1) is 12.8. The minimum absolute atomic E-state index is 0.0823. The molecule has 0 spiro atoms. The first-order valence-corrected chi connectivity index (χ1v) is 6.08. The molecule has 1 heterocycles. The van der Waals surface area contributed by atoms with Gasteiger partial charge >= 0.3 is 0 Å². The van der Waals surface area contributed by atoms with Crippen molar-refractivity contribution < 1.29 is 9.90 Å². The number of amides is 1. The number of thiophene rings is 1. The predicted octanol–water partition coefficient (Wildman–Crippen LogP) is 1.51. The van der Waals surface area contributed by atoms with Crippen LogP contribution in [0.2, 0.25) is 0 Å². The van der Waals surface area contributed by atoms with Gasteiger partial charge in [-0.25, -0.2) is 0 Å². The second-order valence-electron chi connectivity index (χ2n) is 3.29. The molecule has 1 amide bonds. The van der Waals surface area contributed by atoms with E-state index in [-0.39, 0.29) is 12.5 Å². The lowest BCUT2D eigenvalue weighted by Crippen LogP contribution is -2.21. The van der Waals surface area contributed by atoms with E-state index in [0.29, 0.717) is 13.0 Å². The standard InChI is InChI=1S/C12H15NO2S/c1-2-4-12(15)13-8-11-7-10(9-16-11)5-3-6-14/h7,9,14H,2,4,6,8H2,1H3,(H,13,15). The van der Waals surface area contributed by atoms with E-state index in [9.17, 15) is 4.79 Å². The van der Waals surface area contributed by atoms with Crippen LogP contribution in [-0.4, -0.2) is 17.6 Å². The number of aliphatic hydroxyl groups excluding tert-OH is 1. The van der Waals surface area contributed by atoms with Crippen LogP contribution < -0.4 is 5.32 Å². The van der Waals surface area contributed by atoms with E-state index in [2.05, 4.69) is 17.2 Å². The van der Waals surface area contributed by atoms with E-state index in [0.717, 1.165) is 16.9 Å². The smallest absolute Gasteiger partial charge is 0.220 e. The highest BCUT2D eigenvalue weighted by Gasteiger charge is 2.01. The van der Waals surface area contributed by atoms with E-state index in [1.54, 1.807) is 11.3 Å². The Morgan fingerprint density at radius 1 is 1.62 bits per heavy atom. The Balaban J connectivity index is 2.43. The second-order valence-corrected chi connectivity index (χ2v) is 4.28. The zero-order valence-electron chi connectivity index (χ0n) is 9.25. The Bertz CT molecular complexity index is 401. The van der Waals surface area contributed by atoms with Crippen LogP contribution in [0.4, 0.5) is 0 Å². The SMILES string of the molecule is CCCC(=O)NCc1cc(C#CCO)cs1. The molecule has 86 valence electrons. The molecule has 0 unspecified atom stereocenters. The number of aliphatic hydroxyl groups is 1. The first-order valence-electron chi connectivity index (χ1n) is 5.20. The van der Waals surface area contributed by atoms with Gasteiger partial charge in [-0.15, -0.1) is 11.3 Å². The van der Waals surface area contributed by atoms with E-state index >= 15 is 0 Å². The van der Waals surface area contributed by atoms with Crippen LogP contribution in [0.25, 0.3) is 0 Å². The van der Waals surface area contributed by atoms with Gasteiger partial charge < -0.3 is 10.4 Å². The summed E-state index contributed by atoms with van der Waals surface area (Å²) in [5, 5.41) is 13.3. The zero-order chi connectivity index (χ0) is 11.8. The average Bonchev–Trinajstić information content (AvgIpc) is 2.72. The van der Waals surface area contributed by atoms with Crippen molar-refractivity contribution in [3.05, 3.63) is 21.9 Å². The third-order valence-electron chi connectivity index (χ3n) is 1.90. The van der Waals surface area contributed by atoms with Gasteiger partial charge in [-0.05, 0) is 12.5 Å². The lowest BCUT2D eigenvalue weighted by molar-refractivity contribution is -0.121. The molecule has 0 radical (unpaired) electrons. The summed E-state index contributed by atoms with van der Waals surface area (Å²) in [6.07, 6.45) is 1.44. The highest BCUT2D eigenvalue weighted by atomic mass is 32.1. The molecule has 2 N–H and O–H groups in total. The van der Waals surface area contributed by atoms with Crippen molar-refractivity contribution in [1.82, 2.24) is 5.32 Å². The predicted molar refractivity (Wildman–Crippen MR) is 65.0 cm³/mol. The third-order valence-corrected chi connectivity index (χ3v) is 2.84. The number of rotatable bonds is 4. The van der Waals surface area contributed by atoms with Crippen LogP contribution in [-0.2, 0) is 11.3 Å². The monoisotopic (exact) mass is 237 g/mol. The van der Waals surface area contributed by atoms with E-state index in [1.807, 2.05) is 18.4 Å². The second kappa shape index (κ2) is 7.04. The molecule has 0 saturated heterocycles. The lowest BCUT2D eigenvalue weighted by atomic mass is 10.3. The fourth-order valence-corrected chi connectivity index (χ4v) is 1.94. The highest BCUT2D eigenvalue weighted by molar-refractivity contribution is 7.10. The van der Waals surface area contributed by atoms with Crippen LogP contribution in [0, 0.1) is 11.8 Å². The molecule has 3 nitrogen and oxygen atoms in total. The van der Waals surface area contributed by atoms with Gasteiger partial charge in [0.2, 0.25) is 5.91 Å². The molecule has 0 saturated carbocycles. The normalized spacial score (nSPS) is 9.38. The molecular formula is C12H15NO2S. The summed E-state index contributed by atoms with van der Waals surface area (Å²) in [7, 11) is 0. The van der Waals surface area contributed by atoms with Gasteiger partial charge in [0, 0.05) is 22.2 Å². The molecule has 0 aliphatic heterocycles. The van der Waals surface area contributed by atoms with Crippen molar-refractivity contribution in [1.29, 1.82) is 0 Å². The Morgan fingerprint density at radius 2 is 2.44 bits per heavy atom. The van der Waals surface area contributed by atoms with Crippen LogP contribution in [0.1, 0.15) is 30.2 Å². The molecule has 1 aromatic heterocycles. The number of hydrogen-bond acceptors (Lipinski definition) is 3. The molecule has 0 aliphatic rings. The van der Waals surface area contributed by atoms with Crippen LogP contribution in [0.3, 0.4) is 0 Å². The molecule has 1 rings (SSSR count). The van der Waals surface area contributed by atoms with Crippen LogP contribution >= 0.6 is 11.3 Å². The van der Waals surface area contributed by atoms with Gasteiger partial charge in [-0.3, -0.25) is 4.79 Å². The summed E-state index contributed by atoms with van der Waals surface area (Å²) in [5.74, 6) is 5.50. The average molecular weight is 237 g/mol. The third kappa shape index (κ3) is 4.47. The van der Waals surface area contributed by atoms with Gasteiger partial charge in [0.25, 0.3) is 0 Å². The number of nitrogens with one attached hydrogen (secondary N) is 1. The van der Waals surface area contributed by atoms with Crippen LogP contribution in [0.5, 0.6) is 0 Å². The summed E-state index contributed by atoms with van der Waals surface area (Å²) >= 11 is 1.56. The topological polar surface area (TPSA) is 49.3 Å². The Labute approximate surface area is 99.5 Å². The van der Waals surface area contributed by atoms with Gasteiger partial charge in [0.15, 0.2) is 0 Å². The first-order chi connectivity index (χ1) is 7.76. The van der Waals surface area contributed by atoms with Crippen molar-refractivity contribution in [2.45, 2.75) is 26.3 Å². The maximum Gasteiger partial charge on any atom is 0.220 e. The fourth-order valence-electron chi connectivity index (χ4n) is 1.18. The lowest BCUT2D eigenvalue weighted by Gasteiger charge is -2.00. The molecule has 4 heteroatoms. The van der Waals surface area contributed by atoms with Crippen molar-refractivity contribution in [2.75, 3.05) is 6.61 Å². The van der Waals surface area contributed by atoms with Crippen molar-refractivity contribution in [3.63, 3.8) is 0 Å². The number of hydrogen-bond donors (Lipinski definition) is 2. The van der Waals surface area contributed by atoms with Gasteiger partial charge in [-0.2, -0.15) is 0 Å². The van der Waals surface area contributed by atoms with E-state index < -0.39 is 0 Å². The Kier molecular flexibility index (Phi) is 5.62.